The molecule has 0 aliphatic carbocycles. The number of likely N-dealkylation sites (tertiary alicyclic amines) is 1. The van der Waals surface area contributed by atoms with Gasteiger partial charge < -0.3 is 18.8 Å². The maximum atomic E-state index is 12.6. The summed E-state index contributed by atoms with van der Waals surface area (Å²) in [5, 5.41) is 9.42. The second-order valence-corrected chi connectivity index (χ2v) is 15.7. The Bertz CT molecular complexity index is 811. The highest BCUT2D eigenvalue weighted by atomic mass is 79.9. The van der Waals surface area contributed by atoms with Gasteiger partial charge in [0.15, 0.2) is 19.9 Å². The van der Waals surface area contributed by atoms with E-state index in [0.717, 1.165) is 17.3 Å². The molecule has 31 heavy (non-hydrogen) atoms. The maximum absolute atomic E-state index is 12.6. The van der Waals surface area contributed by atoms with Crippen LogP contribution in [0.3, 0.4) is 0 Å². The van der Waals surface area contributed by atoms with E-state index in [1.165, 1.54) is 11.2 Å². The van der Waals surface area contributed by atoms with Crippen LogP contribution in [0.2, 0.25) is 18.1 Å². The number of oxazole rings is 1. The van der Waals surface area contributed by atoms with E-state index in [0.29, 0.717) is 31.7 Å². The minimum Gasteiger partial charge on any atom is -0.480 e. The van der Waals surface area contributed by atoms with Crippen LogP contribution in [-0.4, -0.2) is 53.9 Å². The van der Waals surface area contributed by atoms with E-state index < -0.39 is 20.3 Å². The van der Waals surface area contributed by atoms with Gasteiger partial charge in [0.1, 0.15) is 12.3 Å². The van der Waals surface area contributed by atoms with Crippen molar-refractivity contribution in [3.8, 4) is 0 Å². The summed E-state index contributed by atoms with van der Waals surface area (Å²) in [6.07, 6.45) is 6.79. The zero-order valence-electron chi connectivity index (χ0n) is 19.4. The molecule has 2 heterocycles. The van der Waals surface area contributed by atoms with Crippen LogP contribution in [0.4, 0.5) is 0 Å². The number of hydrogen-bond acceptors (Lipinski definition) is 5. The Morgan fingerprint density at radius 1 is 1.45 bits per heavy atom. The molecule has 1 fully saturated rings. The van der Waals surface area contributed by atoms with Crippen molar-refractivity contribution in [3.63, 3.8) is 0 Å². The summed E-state index contributed by atoms with van der Waals surface area (Å²) in [4.78, 5) is 29.7. The van der Waals surface area contributed by atoms with Crippen molar-refractivity contribution < 1.29 is 23.5 Å². The van der Waals surface area contributed by atoms with E-state index in [4.69, 9.17) is 8.84 Å². The first-order valence-corrected chi connectivity index (χ1v) is 14.5. The van der Waals surface area contributed by atoms with Crippen molar-refractivity contribution in [3.05, 3.63) is 28.4 Å². The van der Waals surface area contributed by atoms with Gasteiger partial charge in [-0.1, -0.05) is 36.7 Å². The fourth-order valence-electron chi connectivity index (χ4n) is 3.38. The fourth-order valence-corrected chi connectivity index (χ4v) is 4.97. The second-order valence-electron chi connectivity index (χ2n) is 9.68. The largest absolute Gasteiger partial charge is 0.480 e. The molecule has 2 atom stereocenters. The number of carbonyl (C=O) groups is 2. The highest BCUT2D eigenvalue weighted by molar-refractivity contribution is 9.11. The Kier molecular flexibility index (Phi) is 8.69. The summed E-state index contributed by atoms with van der Waals surface area (Å²) >= 11 is 3.52. The number of hydrogen-bond donors (Lipinski definition) is 1. The number of carbonyl (C=O) groups excluding carboxylic acids is 1. The number of allylic oxidation sites excluding steroid dienone is 1. The molecule has 1 amide bonds. The average molecular weight is 516 g/mol. The van der Waals surface area contributed by atoms with Crippen molar-refractivity contribution in [2.75, 3.05) is 6.54 Å². The van der Waals surface area contributed by atoms with Crippen LogP contribution in [0.25, 0.3) is 0 Å². The molecule has 1 aromatic heterocycles. The van der Waals surface area contributed by atoms with E-state index in [-0.39, 0.29) is 22.7 Å². The zero-order chi connectivity index (χ0) is 23.4. The molecule has 1 aromatic rings. The zero-order valence-corrected chi connectivity index (χ0v) is 22.0. The van der Waals surface area contributed by atoms with Crippen LogP contribution in [0.15, 0.2) is 21.2 Å². The monoisotopic (exact) mass is 514 g/mol. The summed E-state index contributed by atoms with van der Waals surface area (Å²) < 4.78 is 13.1. The lowest BCUT2D eigenvalue weighted by molar-refractivity contribution is -0.141. The number of nitrogens with zero attached hydrogens (tertiary/aromatic N) is 2. The lowest BCUT2D eigenvalue weighted by Gasteiger charge is -2.38. The van der Waals surface area contributed by atoms with E-state index >= 15 is 0 Å². The number of aryl methyl sites for hydroxylation is 1. The molecule has 1 aliphatic rings. The van der Waals surface area contributed by atoms with E-state index in [2.05, 4.69) is 60.9 Å². The smallest absolute Gasteiger partial charge is 0.326 e. The first-order chi connectivity index (χ1) is 14.3. The van der Waals surface area contributed by atoms with Gasteiger partial charge in [-0.15, -0.1) is 0 Å². The molecular weight excluding hydrogens is 480 g/mol. The van der Waals surface area contributed by atoms with Gasteiger partial charge in [0.25, 0.3) is 5.91 Å². The molecule has 0 spiro atoms. The molecule has 0 radical (unpaired) electrons. The average Bonchev–Trinajstić information content (AvgIpc) is 3.29. The normalized spacial score (nSPS) is 19.0. The summed E-state index contributed by atoms with van der Waals surface area (Å²) in [6, 6.07) is -0.778. The summed E-state index contributed by atoms with van der Waals surface area (Å²) in [7, 11) is -1.91. The topological polar surface area (TPSA) is 92.9 Å². The molecule has 7 nitrogen and oxygen atoms in total. The maximum Gasteiger partial charge on any atom is 0.326 e. The number of rotatable bonds is 9. The molecule has 174 valence electrons. The van der Waals surface area contributed by atoms with Crippen molar-refractivity contribution in [1.29, 1.82) is 0 Å². The van der Waals surface area contributed by atoms with Gasteiger partial charge in [-0.3, -0.25) is 4.79 Å². The van der Waals surface area contributed by atoms with Crippen molar-refractivity contribution >= 4 is 36.1 Å². The number of carboxylic acid groups (broad SMARTS) is 1. The molecule has 0 bridgehead atoms. The highest BCUT2D eigenvalue weighted by Gasteiger charge is 2.39. The molecule has 9 heteroatoms. The molecule has 2 rings (SSSR count). The molecule has 1 saturated heterocycles. The Balaban J connectivity index is 1.96. The Hall–Kier alpha value is -1.45. The third-order valence-electron chi connectivity index (χ3n) is 6.12. The Labute approximate surface area is 194 Å². The Morgan fingerprint density at radius 2 is 2.13 bits per heavy atom. The van der Waals surface area contributed by atoms with E-state index in [9.17, 15) is 14.7 Å². The first kappa shape index (κ1) is 25.8. The van der Waals surface area contributed by atoms with Gasteiger partial charge in [-0.05, 0) is 61.3 Å². The SMILES string of the molecule is C/C(Br)=C\[C@H](CCCc1nc(C(=O)N2CCC[C@@H]2C(=O)O)co1)O[Si](C)(C)C(C)(C)C. The molecular formula is C22H35BrN2O5Si. The van der Waals surface area contributed by atoms with Crippen molar-refractivity contribution in [2.24, 2.45) is 0 Å². The van der Waals surface area contributed by atoms with Crippen LogP contribution in [0, 0.1) is 0 Å². The van der Waals surface area contributed by atoms with Crippen LogP contribution in [0.5, 0.6) is 0 Å². The van der Waals surface area contributed by atoms with E-state index in [1.54, 1.807) is 0 Å². The standard InChI is InChI=1S/C22H35BrN2O5Si/c1-15(23)13-16(30-31(5,6)22(2,3)4)9-7-11-19-24-17(14-29-19)20(26)25-12-8-10-18(25)21(27)28/h13-14,16,18H,7-12H2,1-6H3,(H,27,28)/b15-13+/t16-,18+/m0/s1. The van der Waals surface area contributed by atoms with E-state index in [1.807, 2.05) is 6.92 Å². The van der Waals surface area contributed by atoms with Crippen LogP contribution in [-0.2, 0) is 15.6 Å². The van der Waals surface area contributed by atoms with Crippen LogP contribution in [0.1, 0.15) is 69.8 Å². The fraction of sp³-hybridized carbons (Fsp3) is 0.682. The Morgan fingerprint density at radius 3 is 2.71 bits per heavy atom. The number of aromatic nitrogens is 1. The lowest BCUT2D eigenvalue weighted by Crippen LogP contribution is -2.43. The molecule has 0 unspecified atom stereocenters. The summed E-state index contributed by atoms with van der Waals surface area (Å²) in [5.74, 6) is -0.866. The van der Waals surface area contributed by atoms with Crippen molar-refractivity contribution in [2.45, 2.75) is 90.1 Å². The van der Waals surface area contributed by atoms with Gasteiger partial charge in [0.2, 0.25) is 0 Å². The third-order valence-corrected chi connectivity index (χ3v) is 10.9. The van der Waals surface area contributed by atoms with Crippen LogP contribution >= 0.6 is 15.9 Å². The summed E-state index contributed by atoms with van der Waals surface area (Å²) in [6.45, 7) is 13.6. The molecule has 1 aliphatic heterocycles. The van der Waals surface area contributed by atoms with Gasteiger partial charge in [0, 0.05) is 13.0 Å². The number of aliphatic carboxylic acids is 1. The number of halogens is 1. The van der Waals surface area contributed by atoms with Gasteiger partial charge in [-0.25, -0.2) is 9.78 Å². The van der Waals surface area contributed by atoms with Gasteiger partial charge in [-0.2, -0.15) is 0 Å². The highest BCUT2D eigenvalue weighted by Crippen LogP contribution is 2.38. The second kappa shape index (κ2) is 10.4. The molecule has 1 N–H and O–H groups in total. The van der Waals surface area contributed by atoms with Gasteiger partial charge in [0.05, 0.1) is 6.10 Å². The number of amides is 1. The predicted molar refractivity (Wildman–Crippen MR) is 126 cm³/mol. The third kappa shape index (κ3) is 7.02. The quantitative estimate of drug-likeness (QED) is 0.444. The molecule has 0 aromatic carbocycles. The van der Waals surface area contributed by atoms with Crippen LogP contribution < -0.4 is 0 Å². The minimum absolute atomic E-state index is 0.00254. The lowest BCUT2D eigenvalue weighted by atomic mass is 10.1. The first-order valence-electron chi connectivity index (χ1n) is 10.8. The number of carboxylic acids is 1. The molecule has 0 saturated carbocycles. The minimum atomic E-state index is -1.91. The predicted octanol–water partition coefficient (Wildman–Crippen LogP) is 5.38. The summed E-state index contributed by atoms with van der Waals surface area (Å²) in [5.41, 5.74) is 0.174. The van der Waals surface area contributed by atoms with Gasteiger partial charge >= 0.3 is 5.97 Å². The van der Waals surface area contributed by atoms with Crippen molar-refractivity contribution in [1.82, 2.24) is 9.88 Å².